The fourth-order valence-electron chi connectivity index (χ4n) is 12.6. The molecule has 1 spiro atoms. The summed E-state index contributed by atoms with van der Waals surface area (Å²) in [5, 5.41) is 3.30. The molecule has 3 nitrogen and oxygen atoms in total. The number of para-hydroxylation sites is 2. The minimum Gasteiger partial charge on any atom is -0.455 e. The molecule has 0 amide bonds. The second-order valence-electron chi connectivity index (χ2n) is 18.6. The number of benzene rings is 9. The van der Waals surface area contributed by atoms with Crippen LogP contribution >= 0.6 is 0 Å². The molecule has 3 aliphatic rings. The standard InChI is InChI=1S/C63H45NO2/c1-4-18-43(19-5-1)63(44-20-6-2-7-21-44)54-29-12-9-22-47(54)49-34-33-45(40-55(49)63)64(56-30-17-26-51-48-23-8-11-28-53(48)62(60(51)56)36-14-3-15-37-62)59-39-42-38-41(32-35-57(42)65-59)46-25-16-27-52-50-24-10-13-31-58(50)66-61(46)52/h1-2,4-13,16-35,38-40H,3,14-15,36-37H2. The number of hydrogen-bond donors (Lipinski definition) is 0. The molecule has 14 rings (SSSR count). The van der Waals surface area contributed by atoms with Gasteiger partial charge in [0, 0.05) is 38.9 Å². The van der Waals surface area contributed by atoms with Gasteiger partial charge >= 0.3 is 0 Å². The van der Waals surface area contributed by atoms with Crippen LogP contribution in [-0.4, -0.2) is 0 Å². The van der Waals surface area contributed by atoms with Crippen molar-refractivity contribution in [1.29, 1.82) is 0 Å². The lowest BCUT2D eigenvalue weighted by molar-refractivity contribution is 0.353. The summed E-state index contributed by atoms with van der Waals surface area (Å²) in [7, 11) is 0. The molecule has 1 saturated carbocycles. The minimum atomic E-state index is -0.546. The van der Waals surface area contributed by atoms with Crippen LogP contribution in [0.15, 0.2) is 221 Å². The summed E-state index contributed by atoms with van der Waals surface area (Å²) in [5.41, 5.74) is 19.6. The van der Waals surface area contributed by atoms with Crippen molar-refractivity contribution in [2.45, 2.75) is 42.9 Å². The van der Waals surface area contributed by atoms with E-state index in [4.69, 9.17) is 8.83 Å². The first kappa shape index (κ1) is 37.5. The lowest BCUT2D eigenvalue weighted by Crippen LogP contribution is -2.30. The Bertz CT molecular complexity index is 3660. The summed E-state index contributed by atoms with van der Waals surface area (Å²) in [6, 6.07) is 78.2. The molecular formula is C63H45NO2. The summed E-state index contributed by atoms with van der Waals surface area (Å²) in [6.45, 7) is 0. The summed E-state index contributed by atoms with van der Waals surface area (Å²) in [6.07, 6.45) is 5.94. The summed E-state index contributed by atoms with van der Waals surface area (Å²) >= 11 is 0. The number of furan rings is 2. The molecule has 2 heterocycles. The molecular weight excluding hydrogens is 803 g/mol. The smallest absolute Gasteiger partial charge is 0.205 e. The van der Waals surface area contributed by atoms with Crippen molar-refractivity contribution in [3.8, 4) is 33.4 Å². The summed E-state index contributed by atoms with van der Waals surface area (Å²) in [4.78, 5) is 2.45. The molecule has 2 aromatic heterocycles. The van der Waals surface area contributed by atoms with Crippen LogP contribution in [0.4, 0.5) is 17.3 Å². The topological polar surface area (TPSA) is 29.5 Å². The molecule has 3 heteroatoms. The van der Waals surface area contributed by atoms with E-state index in [1.165, 1.54) is 80.6 Å². The number of rotatable bonds is 6. The quantitative estimate of drug-likeness (QED) is 0.167. The van der Waals surface area contributed by atoms with Crippen molar-refractivity contribution in [2.24, 2.45) is 0 Å². The van der Waals surface area contributed by atoms with Gasteiger partial charge in [0.05, 0.1) is 11.1 Å². The predicted octanol–water partition coefficient (Wildman–Crippen LogP) is 17.1. The maximum Gasteiger partial charge on any atom is 0.205 e. The number of nitrogens with zero attached hydrogens (tertiary/aromatic N) is 1. The van der Waals surface area contributed by atoms with Crippen LogP contribution < -0.4 is 4.90 Å². The molecule has 0 radical (unpaired) electrons. The first-order chi connectivity index (χ1) is 32.7. The maximum atomic E-state index is 7.18. The highest BCUT2D eigenvalue weighted by Gasteiger charge is 2.48. The Morgan fingerprint density at radius 2 is 1.05 bits per heavy atom. The van der Waals surface area contributed by atoms with Crippen molar-refractivity contribution in [3.05, 3.63) is 246 Å². The molecule has 0 aliphatic heterocycles. The van der Waals surface area contributed by atoms with Crippen molar-refractivity contribution in [2.75, 3.05) is 4.90 Å². The highest BCUT2D eigenvalue weighted by Crippen LogP contribution is 2.61. The molecule has 314 valence electrons. The van der Waals surface area contributed by atoms with E-state index < -0.39 is 5.41 Å². The Hall–Kier alpha value is -7.88. The van der Waals surface area contributed by atoms with Gasteiger partial charge in [-0.05, 0) is 110 Å². The zero-order valence-corrected chi connectivity index (χ0v) is 36.5. The Balaban J connectivity index is 1.02. The Morgan fingerprint density at radius 3 is 1.85 bits per heavy atom. The van der Waals surface area contributed by atoms with Crippen molar-refractivity contribution < 1.29 is 8.83 Å². The molecule has 9 aromatic carbocycles. The first-order valence-electron chi connectivity index (χ1n) is 23.5. The Labute approximate surface area is 384 Å². The van der Waals surface area contributed by atoms with Crippen LogP contribution in [-0.2, 0) is 10.8 Å². The lowest BCUT2D eigenvalue weighted by atomic mass is 9.67. The van der Waals surface area contributed by atoms with Gasteiger partial charge in [-0.3, -0.25) is 4.90 Å². The highest BCUT2D eigenvalue weighted by atomic mass is 16.4. The second kappa shape index (κ2) is 14.3. The second-order valence-corrected chi connectivity index (χ2v) is 18.6. The SMILES string of the molecule is c1ccc(C2(c3ccccc3)c3ccccc3-c3ccc(N(c4cc5cc(-c6cccc7c6oc6ccccc67)ccc5o4)c4cccc5c4C4(CCCCC4)c4ccccc4-5)cc32)cc1. The van der Waals surface area contributed by atoms with Gasteiger partial charge in [0.1, 0.15) is 16.7 Å². The number of anilines is 3. The number of fused-ring (bicyclic) bond motifs is 12. The van der Waals surface area contributed by atoms with Crippen LogP contribution in [0.5, 0.6) is 0 Å². The Kier molecular flexibility index (Phi) is 8.13. The van der Waals surface area contributed by atoms with E-state index in [2.05, 4.69) is 211 Å². The Morgan fingerprint density at radius 1 is 0.409 bits per heavy atom. The summed E-state index contributed by atoms with van der Waals surface area (Å²) < 4.78 is 13.7. The fourth-order valence-corrected chi connectivity index (χ4v) is 12.6. The fraction of sp³-hybridized carbons (Fsp3) is 0.111. The van der Waals surface area contributed by atoms with E-state index in [-0.39, 0.29) is 5.41 Å². The third-order valence-corrected chi connectivity index (χ3v) is 15.3. The highest BCUT2D eigenvalue weighted by molar-refractivity contribution is 6.10. The summed E-state index contributed by atoms with van der Waals surface area (Å²) in [5.74, 6) is 0.792. The largest absolute Gasteiger partial charge is 0.455 e. The van der Waals surface area contributed by atoms with E-state index in [9.17, 15) is 0 Å². The normalized spacial score (nSPS) is 15.2. The molecule has 0 bridgehead atoms. The van der Waals surface area contributed by atoms with Gasteiger partial charge in [0.15, 0.2) is 0 Å². The molecule has 3 aliphatic carbocycles. The molecule has 0 N–H and O–H groups in total. The lowest BCUT2D eigenvalue weighted by Gasteiger charge is -2.39. The van der Waals surface area contributed by atoms with Gasteiger partial charge in [-0.15, -0.1) is 0 Å². The van der Waals surface area contributed by atoms with Crippen molar-refractivity contribution in [1.82, 2.24) is 0 Å². The predicted molar refractivity (Wildman–Crippen MR) is 270 cm³/mol. The van der Waals surface area contributed by atoms with Gasteiger partial charge in [0.25, 0.3) is 0 Å². The zero-order valence-electron chi connectivity index (χ0n) is 36.5. The first-order valence-corrected chi connectivity index (χ1v) is 23.5. The molecule has 0 unspecified atom stereocenters. The van der Waals surface area contributed by atoms with Crippen LogP contribution in [0.1, 0.15) is 65.5 Å². The monoisotopic (exact) mass is 847 g/mol. The molecule has 11 aromatic rings. The van der Waals surface area contributed by atoms with Gasteiger partial charge in [-0.25, -0.2) is 0 Å². The van der Waals surface area contributed by atoms with Gasteiger partial charge < -0.3 is 8.83 Å². The maximum absolute atomic E-state index is 7.18. The van der Waals surface area contributed by atoms with E-state index in [1.54, 1.807) is 0 Å². The van der Waals surface area contributed by atoms with Crippen LogP contribution in [0.2, 0.25) is 0 Å². The van der Waals surface area contributed by atoms with Gasteiger partial charge in [-0.1, -0.05) is 189 Å². The molecule has 1 fully saturated rings. The third kappa shape index (κ3) is 5.20. The zero-order chi connectivity index (χ0) is 43.4. The molecule has 66 heavy (non-hydrogen) atoms. The van der Waals surface area contributed by atoms with E-state index in [0.717, 1.165) is 68.4 Å². The molecule has 0 atom stereocenters. The van der Waals surface area contributed by atoms with E-state index in [1.807, 2.05) is 6.07 Å². The van der Waals surface area contributed by atoms with Crippen LogP contribution in [0.3, 0.4) is 0 Å². The van der Waals surface area contributed by atoms with E-state index >= 15 is 0 Å². The van der Waals surface area contributed by atoms with Crippen molar-refractivity contribution >= 4 is 50.2 Å². The third-order valence-electron chi connectivity index (χ3n) is 15.3. The average Bonchev–Trinajstić information content (AvgIpc) is 4.13. The van der Waals surface area contributed by atoms with Gasteiger partial charge in [0.2, 0.25) is 5.88 Å². The molecule has 0 saturated heterocycles. The van der Waals surface area contributed by atoms with Gasteiger partial charge in [-0.2, -0.15) is 0 Å². The van der Waals surface area contributed by atoms with Crippen LogP contribution in [0, 0.1) is 0 Å². The van der Waals surface area contributed by atoms with E-state index in [0.29, 0.717) is 0 Å². The average molecular weight is 848 g/mol. The van der Waals surface area contributed by atoms with Crippen molar-refractivity contribution in [3.63, 3.8) is 0 Å². The minimum absolute atomic E-state index is 0.0890. The van der Waals surface area contributed by atoms with Crippen LogP contribution in [0.25, 0.3) is 66.3 Å². The number of hydrogen-bond acceptors (Lipinski definition) is 3.